The lowest BCUT2D eigenvalue weighted by Gasteiger charge is -2.24. The van der Waals surface area contributed by atoms with E-state index in [2.05, 4.69) is 15.6 Å². The summed E-state index contributed by atoms with van der Waals surface area (Å²) in [5.74, 6) is -0.0476. The van der Waals surface area contributed by atoms with Gasteiger partial charge in [0.2, 0.25) is 17.6 Å². The number of anilines is 2. The molecule has 11 heteroatoms. The Labute approximate surface area is 252 Å². The molecule has 2 amide bonds. The fourth-order valence-corrected chi connectivity index (χ4v) is 5.09. The standard InChI is InChI=1S/C33H31FN4O6/c1-19-2-4-20(5-3-19)37-30(39)33(11-12-33)31(40)38-21-6-7-24(22(34)16-21)44-25-8-13-36-23-17-26(43-18-32(35)9-10-32)28-29(27(23)25)42-15-14-41-28/h2-8,13,16-17H,9-12,14-15,18,35H2,1H3,(H,37,39)(H,38,40). The van der Waals surface area contributed by atoms with Gasteiger partial charge in [-0.3, -0.25) is 14.6 Å². The number of pyridine rings is 1. The summed E-state index contributed by atoms with van der Waals surface area (Å²) in [6, 6.07) is 14.8. The molecule has 4 aromatic rings. The van der Waals surface area contributed by atoms with Gasteiger partial charge in [-0.15, -0.1) is 0 Å². The Morgan fingerprint density at radius 3 is 2.25 bits per heavy atom. The first-order valence-corrected chi connectivity index (χ1v) is 14.5. The molecule has 2 heterocycles. The van der Waals surface area contributed by atoms with E-state index in [9.17, 15) is 9.59 Å². The minimum Gasteiger partial charge on any atom is -0.488 e. The van der Waals surface area contributed by atoms with Crippen LogP contribution in [0.3, 0.4) is 0 Å². The number of nitrogens with one attached hydrogen (secondary N) is 2. The van der Waals surface area contributed by atoms with Crippen molar-refractivity contribution in [3.8, 4) is 28.7 Å². The average molecular weight is 599 g/mol. The van der Waals surface area contributed by atoms with E-state index in [1.54, 1.807) is 30.5 Å². The van der Waals surface area contributed by atoms with E-state index in [0.29, 0.717) is 72.3 Å². The third kappa shape index (κ3) is 5.35. The Hall–Kier alpha value is -4.90. The number of ether oxygens (including phenoxy) is 4. The van der Waals surface area contributed by atoms with Crippen molar-refractivity contribution in [2.45, 2.75) is 38.1 Å². The molecule has 2 aliphatic carbocycles. The van der Waals surface area contributed by atoms with E-state index in [-0.39, 0.29) is 22.9 Å². The predicted molar refractivity (Wildman–Crippen MR) is 161 cm³/mol. The molecule has 4 N–H and O–H groups in total. The van der Waals surface area contributed by atoms with Crippen molar-refractivity contribution in [2.24, 2.45) is 11.1 Å². The van der Waals surface area contributed by atoms with E-state index < -0.39 is 17.1 Å². The highest BCUT2D eigenvalue weighted by Crippen LogP contribution is 2.50. The number of hydrogen-bond acceptors (Lipinski definition) is 8. The lowest BCUT2D eigenvalue weighted by atomic mass is 10.0. The van der Waals surface area contributed by atoms with E-state index in [1.807, 2.05) is 19.1 Å². The number of fused-ring (bicyclic) bond motifs is 3. The number of hydrogen-bond donors (Lipinski definition) is 3. The summed E-state index contributed by atoms with van der Waals surface area (Å²) in [6.07, 6.45) is 4.16. The van der Waals surface area contributed by atoms with Gasteiger partial charge in [0, 0.05) is 29.7 Å². The highest BCUT2D eigenvalue weighted by molar-refractivity contribution is 6.16. The number of carbonyl (C=O) groups is 2. The van der Waals surface area contributed by atoms with Crippen LogP contribution in [-0.4, -0.2) is 42.2 Å². The van der Waals surface area contributed by atoms with Crippen molar-refractivity contribution < 1.29 is 32.9 Å². The zero-order chi connectivity index (χ0) is 30.5. The molecule has 2 fully saturated rings. The van der Waals surface area contributed by atoms with Gasteiger partial charge >= 0.3 is 0 Å². The minimum atomic E-state index is -1.19. The number of amides is 2. The number of aryl methyl sites for hydroxylation is 1. The lowest BCUT2D eigenvalue weighted by molar-refractivity contribution is -0.131. The van der Waals surface area contributed by atoms with Gasteiger partial charge in [-0.1, -0.05) is 17.7 Å². The van der Waals surface area contributed by atoms with Crippen LogP contribution in [-0.2, 0) is 9.59 Å². The van der Waals surface area contributed by atoms with E-state index >= 15 is 4.39 Å². The third-order valence-electron chi connectivity index (χ3n) is 8.19. The normalized spacial score (nSPS) is 17.0. The summed E-state index contributed by atoms with van der Waals surface area (Å²) in [4.78, 5) is 30.5. The lowest BCUT2D eigenvalue weighted by Crippen LogP contribution is -2.35. The molecular weight excluding hydrogens is 567 g/mol. The van der Waals surface area contributed by atoms with Gasteiger partial charge in [-0.25, -0.2) is 4.39 Å². The number of halogens is 1. The largest absolute Gasteiger partial charge is 0.488 e. The van der Waals surface area contributed by atoms with Gasteiger partial charge in [-0.2, -0.15) is 0 Å². The fourth-order valence-electron chi connectivity index (χ4n) is 5.09. The summed E-state index contributed by atoms with van der Waals surface area (Å²) in [7, 11) is 0. The Morgan fingerprint density at radius 1 is 0.886 bits per heavy atom. The maximum Gasteiger partial charge on any atom is 0.240 e. The molecule has 10 nitrogen and oxygen atoms in total. The van der Waals surface area contributed by atoms with Crippen LogP contribution in [0.25, 0.3) is 10.9 Å². The van der Waals surface area contributed by atoms with E-state index in [1.165, 1.54) is 12.1 Å². The quantitative estimate of drug-likeness (QED) is 0.216. The summed E-state index contributed by atoms with van der Waals surface area (Å²) >= 11 is 0. The van der Waals surface area contributed by atoms with Crippen molar-refractivity contribution >= 4 is 34.1 Å². The number of rotatable bonds is 9. The third-order valence-corrected chi connectivity index (χ3v) is 8.19. The fraction of sp³-hybridized carbons (Fsp3) is 0.303. The molecule has 1 aromatic heterocycles. The zero-order valence-corrected chi connectivity index (χ0v) is 24.1. The molecule has 7 rings (SSSR count). The molecule has 44 heavy (non-hydrogen) atoms. The molecule has 0 radical (unpaired) electrons. The van der Waals surface area contributed by atoms with Crippen LogP contribution < -0.4 is 35.3 Å². The maximum absolute atomic E-state index is 15.3. The summed E-state index contributed by atoms with van der Waals surface area (Å²) in [6.45, 7) is 2.95. The Bertz CT molecular complexity index is 1790. The van der Waals surface area contributed by atoms with Gasteiger partial charge in [-0.05, 0) is 62.9 Å². The van der Waals surface area contributed by atoms with Crippen molar-refractivity contribution in [1.82, 2.24) is 4.98 Å². The van der Waals surface area contributed by atoms with Gasteiger partial charge < -0.3 is 35.3 Å². The van der Waals surface area contributed by atoms with Crippen LogP contribution in [0, 0.1) is 18.2 Å². The smallest absolute Gasteiger partial charge is 0.240 e. The summed E-state index contributed by atoms with van der Waals surface area (Å²) in [5, 5.41) is 6.01. The van der Waals surface area contributed by atoms with Crippen LogP contribution in [0.15, 0.2) is 60.8 Å². The first-order valence-electron chi connectivity index (χ1n) is 14.5. The molecule has 3 aliphatic rings. The van der Waals surface area contributed by atoms with Gasteiger partial charge in [0.1, 0.15) is 31.0 Å². The van der Waals surface area contributed by atoms with Crippen LogP contribution in [0.1, 0.15) is 31.2 Å². The van der Waals surface area contributed by atoms with Crippen molar-refractivity contribution in [3.63, 3.8) is 0 Å². The van der Waals surface area contributed by atoms with Crippen LogP contribution in [0.5, 0.6) is 28.7 Å². The second-order valence-electron chi connectivity index (χ2n) is 11.7. The SMILES string of the molecule is Cc1ccc(NC(=O)C2(C(=O)Nc3ccc(Oc4ccnc5cc(OCC6(N)CC6)c6c(c45)OCCO6)c(F)c3)CC2)cc1. The van der Waals surface area contributed by atoms with Crippen molar-refractivity contribution in [2.75, 3.05) is 30.5 Å². The first kappa shape index (κ1) is 27.9. The molecule has 0 unspecified atom stereocenters. The molecule has 2 saturated carbocycles. The maximum atomic E-state index is 15.3. The number of nitrogens with zero attached hydrogens (tertiary/aromatic N) is 1. The predicted octanol–water partition coefficient (Wildman–Crippen LogP) is 5.47. The number of carbonyl (C=O) groups excluding carboxylic acids is 2. The van der Waals surface area contributed by atoms with Crippen molar-refractivity contribution in [3.05, 3.63) is 72.2 Å². The monoisotopic (exact) mass is 598 g/mol. The Morgan fingerprint density at radius 2 is 1.57 bits per heavy atom. The first-order chi connectivity index (χ1) is 21.2. The van der Waals surface area contributed by atoms with Crippen LogP contribution in [0.2, 0.25) is 0 Å². The van der Waals surface area contributed by atoms with Gasteiger partial charge in [0.15, 0.2) is 23.1 Å². The highest BCUT2D eigenvalue weighted by atomic mass is 19.1. The van der Waals surface area contributed by atoms with E-state index in [4.69, 9.17) is 24.7 Å². The van der Waals surface area contributed by atoms with Crippen molar-refractivity contribution in [1.29, 1.82) is 0 Å². The number of nitrogens with two attached hydrogens (primary N) is 1. The summed E-state index contributed by atoms with van der Waals surface area (Å²) < 4.78 is 39.2. The van der Waals surface area contributed by atoms with Gasteiger partial charge in [0.25, 0.3) is 0 Å². The number of aromatic nitrogens is 1. The Balaban J connectivity index is 1.09. The molecule has 0 spiro atoms. The van der Waals surface area contributed by atoms with E-state index in [0.717, 1.165) is 24.5 Å². The molecule has 1 aliphatic heterocycles. The number of benzene rings is 3. The molecule has 3 aromatic carbocycles. The van der Waals surface area contributed by atoms with Crippen LogP contribution in [0.4, 0.5) is 15.8 Å². The highest BCUT2D eigenvalue weighted by Gasteiger charge is 2.56. The topological polar surface area (TPSA) is 134 Å². The zero-order valence-electron chi connectivity index (χ0n) is 24.1. The molecule has 0 saturated heterocycles. The van der Waals surface area contributed by atoms with Gasteiger partial charge in [0.05, 0.1) is 16.4 Å². The summed E-state index contributed by atoms with van der Waals surface area (Å²) in [5.41, 5.74) is 7.08. The Kier molecular flexibility index (Phi) is 6.77. The minimum absolute atomic E-state index is 0.0710. The molecule has 0 bridgehead atoms. The second kappa shape index (κ2) is 10.7. The average Bonchev–Trinajstić information content (AvgIpc) is 3.96. The molecule has 0 atom stereocenters. The second-order valence-corrected chi connectivity index (χ2v) is 11.7. The molecule has 226 valence electrons. The van der Waals surface area contributed by atoms with Crippen LogP contribution >= 0.6 is 0 Å². The molecular formula is C33H31FN4O6.